The smallest absolute Gasteiger partial charge is 0.261 e. The number of pyridine rings is 1. The van der Waals surface area contributed by atoms with Crippen LogP contribution in [0.5, 0.6) is 0 Å². The molecule has 0 spiro atoms. The molecule has 0 aliphatic carbocycles. The molecule has 2 aromatic rings. The summed E-state index contributed by atoms with van der Waals surface area (Å²) in [5.41, 5.74) is 1.86. The maximum Gasteiger partial charge on any atom is 0.280 e. The van der Waals surface area contributed by atoms with Crippen LogP contribution in [0, 0.1) is 6.92 Å². The Balaban J connectivity index is 2.35. The van der Waals surface area contributed by atoms with Crippen LogP contribution in [0.4, 0.5) is 8.78 Å². The van der Waals surface area contributed by atoms with Gasteiger partial charge in [-0.3, -0.25) is 9.97 Å². The molecule has 2 rings (SSSR count). The van der Waals surface area contributed by atoms with Gasteiger partial charge in [0.25, 0.3) is 6.43 Å². The van der Waals surface area contributed by atoms with E-state index >= 15 is 0 Å². The highest BCUT2D eigenvalue weighted by molar-refractivity contribution is 5.56. The maximum atomic E-state index is 12.3. The van der Waals surface area contributed by atoms with Crippen LogP contribution in [0.15, 0.2) is 30.7 Å². The standard InChI is InChI=1S/C11H9F2N3/c1-7-4-14-6-10(16-7)8-2-3-9(11(12)13)15-5-8/h2-6,11H,1H3. The fourth-order valence-corrected chi connectivity index (χ4v) is 1.29. The number of rotatable bonds is 2. The average molecular weight is 221 g/mol. The highest BCUT2D eigenvalue weighted by Crippen LogP contribution is 2.20. The summed E-state index contributed by atoms with van der Waals surface area (Å²) < 4.78 is 24.5. The second-order valence-electron chi connectivity index (χ2n) is 3.32. The first-order chi connectivity index (χ1) is 7.66. The van der Waals surface area contributed by atoms with Crippen molar-refractivity contribution in [2.24, 2.45) is 0 Å². The SMILES string of the molecule is Cc1cncc(-c2ccc(C(F)F)nc2)n1. The molecule has 0 aliphatic rings. The van der Waals surface area contributed by atoms with Crippen LogP contribution in [0.25, 0.3) is 11.3 Å². The lowest BCUT2D eigenvalue weighted by Crippen LogP contribution is -1.92. The quantitative estimate of drug-likeness (QED) is 0.782. The Bertz CT molecular complexity index is 483. The molecule has 0 unspecified atom stereocenters. The van der Waals surface area contributed by atoms with E-state index in [4.69, 9.17) is 0 Å². The molecule has 0 saturated heterocycles. The molecule has 2 aromatic heterocycles. The first-order valence-corrected chi connectivity index (χ1v) is 4.70. The highest BCUT2D eigenvalue weighted by atomic mass is 19.3. The second-order valence-corrected chi connectivity index (χ2v) is 3.32. The molecule has 0 aliphatic heterocycles. The van der Waals surface area contributed by atoms with E-state index in [1.54, 1.807) is 18.5 Å². The Morgan fingerprint density at radius 3 is 2.50 bits per heavy atom. The molecule has 0 saturated carbocycles. The van der Waals surface area contributed by atoms with Crippen molar-refractivity contribution in [2.75, 3.05) is 0 Å². The van der Waals surface area contributed by atoms with Crippen molar-refractivity contribution in [3.8, 4) is 11.3 Å². The van der Waals surface area contributed by atoms with Gasteiger partial charge in [0.1, 0.15) is 5.69 Å². The van der Waals surface area contributed by atoms with Crippen molar-refractivity contribution >= 4 is 0 Å². The van der Waals surface area contributed by atoms with Gasteiger partial charge in [-0.1, -0.05) is 0 Å². The van der Waals surface area contributed by atoms with Gasteiger partial charge in [0, 0.05) is 18.0 Å². The van der Waals surface area contributed by atoms with Crippen molar-refractivity contribution in [3.05, 3.63) is 42.1 Å². The molecule has 0 bridgehead atoms. The van der Waals surface area contributed by atoms with E-state index in [2.05, 4.69) is 15.0 Å². The Morgan fingerprint density at radius 1 is 1.12 bits per heavy atom. The predicted octanol–water partition coefficient (Wildman–Crippen LogP) is 2.78. The Hall–Kier alpha value is -1.91. The Kier molecular flexibility index (Phi) is 2.85. The van der Waals surface area contributed by atoms with E-state index in [9.17, 15) is 8.78 Å². The molecule has 0 atom stereocenters. The van der Waals surface area contributed by atoms with Gasteiger partial charge in [-0.2, -0.15) is 0 Å². The van der Waals surface area contributed by atoms with E-state index < -0.39 is 6.43 Å². The van der Waals surface area contributed by atoms with Crippen molar-refractivity contribution < 1.29 is 8.78 Å². The molecule has 0 amide bonds. The molecular formula is C11H9F2N3. The van der Waals surface area contributed by atoms with Gasteiger partial charge >= 0.3 is 0 Å². The lowest BCUT2D eigenvalue weighted by molar-refractivity contribution is 0.146. The molecule has 82 valence electrons. The zero-order chi connectivity index (χ0) is 11.5. The molecule has 0 N–H and O–H groups in total. The lowest BCUT2D eigenvalue weighted by Gasteiger charge is -2.02. The summed E-state index contributed by atoms with van der Waals surface area (Å²) in [6.07, 6.45) is 2.04. The van der Waals surface area contributed by atoms with E-state index in [0.29, 0.717) is 11.3 Å². The van der Waals surface area contributed by atoms with E-state index in [1.807, 2.05) is 6.92 Å². The molecule has 3 nitrogen and oxygen atoms in total. The van der Waals surface area contributed by atoms with E-state index in [-0.39, 0.29) is 5.69 Å². The Labute approximate surface area is 91.2 Å². The van der Waals surface area contributed by atoms with Crippen molar-refractivity contribution in [2.45, 2.75) is 13.3 Å². The number of nitrogens with zero attached hydrogens (tertiary/aromatic N) is 3. The van der Waals surface area contributed by atoms with E-state index in [1.165, 1.54) is 12.3 Å². The van der Waals surface area contributed by atoms with Crippen LogP contribution in [0.2, 0.25) is 0 Å². The second kappa shape index (κ2) is 4.30. The van der Waals surface area contributed by atoms with Gasteiger partial charge in [-0.05, 0) is 19.1 Å². The third kappa shape index (κ3) is 2.18. The van der Waals surface area contributed by atoms with Gasteiger partial charge in [-0.25, -0.2) is 13.8 Å². The maximum absolute atomic E-state index is 12.3. The third-order valence-corrected chi connectivity index (χ3v) is 2.06. The number of halogens is 2. The van der Waals surface area contributed by atoms with Crippen LogP contribution >= 0.6 is 0 Å². The highest BCUT2D eigenvalue weighted by Gasteiger charge is 2.08. The minimum Gasteiger partial charge on any atom is -0.261 e. The number of hydrogen-bond donors (Lipinski definition) is 0. The van der Waals surface area contributed by atoms with Gasteiger partial charge < -0.3 is 0 Å². The van der Waals surface area contributed by atoms with Gasteiger partial charge in [0.15, 0.2) is 0 Å². The fourth-order valence-electron chi connectivity index (χ4n) is 1.29. The number of aryl methyl sites for hydroxylation is 1. The first-order valence-electron chi connectivity index (χ1n) is 4.70. The molecule has 0 aromatic carbocycles. The average Bonchev–Trinajstić information content (AvgIpc) is 2.29. The topological polar surface area (TPSA) is 38.7 Å². The van der Waals surface area contributed by atoms with Crippen LogP contribution < -0.4 is 0 Å². The summed E-state index contributed by atoms with van der Waals surface area (Å²) in [4.78, 5) is 11.9. The van der Waals surface area contributed by atoms with Crippen LogP contribution in [0.1, 0.15) is 17.8 Å². The normalized spacial score (nSPS) is 10.8. The zero-order valence-corrected chi connectivity index (χ0v) is 8.56. The molecular weight excluding hydrogens is 212 g/mol. The zero-order valence-electron chi connectivity index (χ0n) is 8.56. The summed E-state index contributed by atoms with van der Waals surface area (Å²) in [5, 5.41) is 0. The van der Waals surface area contributed by atoms with Gasteiger partial charge in [0.05, 0.1) is 17.6 Å². The largest absolute Gasteiger partial charge is 0.280 e. The molecule has 0 radical (unpaired) electrons. The monoisotopic (exact) mass is 221 g/mol. The van der Waals surface area contributed by atoms with Gasteiger partial charge in [0.2, 0.25) is 0 Å². The minimum absolute atomic E-state index is 0.232. The number of alkyl halides is 2. The summed E-state index contributed by atoms with van der Waals surface area (Å²) in [5.74, 6) is 0. The predicted molar refractivity (Wildman–Crippen MR) is 55.0 cm³/mol. The number of hydrogen-bond acceptors (Lipinski definition) is 3. The first kappa shape index (κ1) is 10.6. The molecule has 5 heteroatoms. The van der Waals surface area contributed by atoms with Crippen molar-refractivity contribution in [1.29, 1.82) is 0 Å². The molecule has 0 fully saturated rings. The lowest BCUT2D eigenvalue weighted by atomic mass is 10.2. The Morgan fingerprint density at radius 2 is 1.94 bits per heavy atom. The molecule has 16 heavy (non-hydrogen) atoms. The minimum atomic E-state index is -2.54. The summed E-state index contributed by atoms with van der Waals surface area (Å²) in [6, 6.07) is 2.86. The van der Waals surface area contributed by atoms with E-state index in [0.717, 1.165) is 5.69 Å². The van der Waals surface area contributed by atoms with Crippen molar-refractivity contribution in [1.82, 2.24) is 15.0 Å². The van der Waals surface area contributed by atoms with Gasteiger partial charge in [-0.15, -0.1) is 0 Å². The van der Waals surface area contributed by atoms with Crippen LogP contribution in [0.3, 0.4) is 0 Å². The fraction of sp³-hybridized carbons (Fsp3) is 0.182. The summed E-state index contributed by atoms with van der Waals surface area (Å²) in [6.45, 7) is 1.82. The van der Waals surface area contributed by atoms with Crippen LogP contribution in [-0.4, -0.2) is 15.0 Å². The van der Waals surface area contributed by atoms with Crippen LogP contribution in [-0.2, 0) is 0 Å². The van der Waals surface area contributed by atoms with Crippen molar-refractivity contribution in [3.63, 3.8) is 0 Å². The third-order valence-electron chi connectivity index (χ3n) is 2.06. The molecule has 2 heterocycles. The summed E-state index contributed by atoms with van der Waals surface area (Å²) >= 11 is 0. The summed E-state index contributed by atoms with van der Waals surface area (Å²) in [7, 11) is 0. The number of aromatic nitrogens is 3.